The van der Waals surface area contributed by atoms with Crippen LogP contribution in [0.15, 0.2) is 24.3 Å². The van der Waals surface area contributed by atoms with Gasteiger partial charge in [0.25, 0.3) is 0 Å². The zero-order valence-corrected chi connectivity index (χ0v) is 10.1. The second kappa shape index (κ2) is 5.24. The highest BCUT2D eigenvalue weighted by Gasteiger charge is 2.16. The van der Waals surface area contributed by atoms with Crippen molar-refractivity contribution >= 4 is 17.2 Å². The minimum absolute atomic E-state index is 0.0903. The van der Waals surface area contributed by atoms with Gasteiger partial charge >= 0.3 is 0 Å². The molecule has 0 aliphatic rings. The number of aliphatic hydroxyl groups excluding tert-OH is 1. The van der Waals surface area contributed by atoms with E-state index in [-0.39, 0.29) is 12.0 Å². The van der Waals surface area contributed by atoms with Crippen molar-refractivity contribution in [3.8, 4) is 0 Å². The van der Waals surface area contributed by atoms with E-state index in [2.05, 4.69) is 5.32 Å². The van der Waals surface area contributed by atoms with E-state index in [0.29, 0.717) is 0 Å². The third-order valence-electron chi connectivity index (χ3n) is 2.65. The number of hydrogen-bond acceptors (Lipinski definition) is 2. The molecule has 3 heteroatoms. The average Bonchev–Trinajstić information content (AvgIpc) is 2.27. The molecule has 0 bridgehead atoms. The van der Waals surface area contributed by atoms with E-state index in [9.17, 15) is 5.11 Å². The summed E-state index contributed by atoms with van der Waals surface area (Å²) in [7, 11) is 1.81. The smallest absolute Gasteiger partial charge is 0.106 e. The number of aliphatic hydroxyl groups is 1. The molecule has 2 N–H and O–H groups in total. The average molecular weight is 223 g/mol. The summed E-state index contributed by atoms with van der Waals surface area (Å²) < 4.78 is 0. The summed E-state index contributed by atoms with van der Waals surface area (Å²) >= 11 is 5.22. The SMILES string of the molecule is CNC(=S)c1ccccc1C(C)C(C)O. The van der Waals surface area contributed by atoms with Crippen LogP contribution in [0.3, 0.4) is 0 Å². The van der Waals surface area contributed by atoms with Crippen molar-refractivity contribution < 1.29 is 5.11 Å². The van der Waals surface area contributed by atoms with Crippen molar-refractivity contribution in [1.29, 1.82) is 0 Å². The predicted octanol–water partition coefficient (Wildman–Crippen LogP) is 2.07. The molecule has 0 saturated carbocycles. The lowest BCUT2D eigenvalue weighted by Gasteiger charge is -2.19. The molecule has 0 spiro atoms. The highest BCUT2D eigenvalue weighted by molar-refractivity contribution is 7.80. The van der Waals surface area contributed by atoms with Gasteiger partial charge in [0.15, 0.2) is 0 Å². The summed E-state index contributed by atoms with van der Waals surface area (Å²) in [6.07, 6.45) is -0.370. The maximum absolute atomic E-state index is 9.59. The summed E-state index contributed by atoms with van der Waals surface area (Å²) in [6, 6.07) is 7.91. The van der Waals surface area contributed by atoms with Crippen molar-refractivity contribution in [1.82, 2.24) is 5.32 Å². The van der Waals surface area contributed by atoms with Crippen LogP contribution in [0.5, 0.6) is 0 Å². The van der Waals surface area contributed by atoms with Crippen LogP contribution in [0.25, 0.3) is 0 Å². The van der Waals surface area contributed by atoms with Gasteiger partial charge in [-0.05, 0) is 12.5 Å². The van der Waals surface area contributed by atoms with Gasteiger partial charge in [0.05, 0.1) is 6.10 Å². The Balaban J connectivity index is 3.11. The fourth-order valence-electron chi connectivity index (χ4n) is 1.50. The van der Waals surface area contributed by atoms with Gasteiger partial charge in [-0.25, -0.2) is 0 Å². The number of hydrogen-bond donors (Lipinski definition) is 2. The van der Waals surface area contributed by atoms with Crippen LogP contribution >= 0.6 is 12.2 Å². The van der Waals surface area contributed by atoms with E-state index < -0.39 is 0 Å². The Kier molecular flexibility index (Phi) is 4.24. The number of thiocarbonyl (C=S) groups is 1. The lowest BCUT2D eigenvalue weighted by Crippen LogP contribution is -2.21. The summed E-state index contributed by atoms with van der Waals surface area (Å²) in [4.78, 5) is 0.720. The molecule has 0 amide bonds. The van der Waals surface area contributed by atoms with Crippen LogP contribution in [0, 0.1) is 0 Å². The zero-order chi connectivity index (χ0) is 11.4. The molecule has 2 nitrogen and oxygen atoms in total. The molecule has 2 unspecified atom stereocenters. The Hall–Kier alpha value is -0.930. The third kappa shape index (κ3) is 2.76. The lowest BCUT2D eigenvalue weighted by molar-refractivity contribution is 0.169. The van der Waals surface area contributed by atoms with Crippen LogP contribution in [0.2, 0.25) is 0 Å². The third-order valence-corrected chi connectivity index (χ3v) is 3.07. The van der Waals surface area contributed by atoms with Gasteiger partial charge in [0.1, 0.15) is 4.99 Å². The Morgan fingerprint density at radius 2 is 1.93 bits per heavy atom. The molecule has 0 aliphatic carbocycles. The maximum atomic E-state index is 9.59. The van der Waals surface area contributed by atoms with Crippen LogP contribution in [0.4, 0.5) is 0 Å². The molecule has 0 fully saturated rings. The first-order valence-electron chi connectivity index (χ1n) is 5.07. The number of rotatable bonds is 3. The fourth-order valence-corrected chi connectivity index (χ4v) is 1.68. The number of benzene rings is 1. The first-order valence-corrected chi connectivity index (χ1v) is 5.47. The zero-order valence-electron chi connectivity index (χ0n) is 9.32. The van der Waals surface area contributed by atoms with Gasteiger partial charge in [-0.1, -0.05) is 43.4 Å². The first-order chi connectivity index (χ1) is 7.07. The second-order valence-corrected chi connectivity index (χ2v) is 4.10. The molecule has 0 saturated heterocycles. The Morgan fingerprint density at radius 3 is 2.47 bits per heavy atom. The molecule has 0 radical (unpaired) electrons. The van der Waals surface area contributed by atoms with Gasteiger partial charge in [-0.3, -0.25) is 0 Å². The summed E-state index contributed by atoms with van der Waals surface area (Å²) in [5.41, 5.74) is 2.09. The molecule has 0 aliphatic heterocycles. The standard InChI is InChI=1S/C12H17NOS/c1-8(9(2)14)10-6-4-5-7-11(10)12(15)13-3/h4-9,14H,1-3H3,(H,13,15). The van der Waals surface area contributed by atoms with Gasteiger partial charge in [0.2, 0.25) is 0 Å². The molecule has 1 aromatic carbocycles. The molecule has 82 valence electrons. The fraction of sp³-hybridized carbons (Fsp3) is 0.417. The minimum atomic E-state index is -0.370. The predicted molar refractivity (Wildman–Crippen MR) is 67.3 cm³/mol. The molecular formula is C12H17NOS. The molecular weight excluding hydrogens is 206 g/mol. The van der Waals surface area contributed by atoms with Crippen LogP contribution < -0.4 is 5.32 Å². The van der Waals surface area contributed by atoms with Crippen molar-refractivity contribution in [2.24, 2.45) is 0 Å². The van der Waals surface area contributed by atoms with E-state index in [0.717, 1.165) is 16.1 Å². The monoisotopic (exact) mass is 223 g/mol. The van der Waals surface area contributed by atoms with E-state index in [1.54, 1.807) is 6.92 Å². The van der Waals surface area contributed by atoms with E-state index in [1.165, 1.54) is 0 Å². The topological polar surface area (TPSA) is 32.3 Å². The first kappa shape index (κ1) is 12.1. The van der Waals surface area contributed by atoms with Gasteiger partial charge < -0.3 is 10.4 Å². The van der Waals surface area contributed by atoms with Crippen LogP contribution in [-0.4, -0.2) is 23.2 Å². The van der Waals surface area contributed by atoms with Gasteiger partial charge in [0, 0.05) is 18.5 Å². The van der Waals surface area contributed by atoms with Gasteiger partial charge in [-0.15, -0.1) is 0 Å². The molecule has 15 heavy (non-hydrogen) atoms. The summed E-state index contributed by atoms with van der Waals surface area (Å²) in [5.74, 6) is 0.0903. The Bertz CT molecular complexity index is 349. The van der Waals surface area contributed by atoms with Gasteiger partial charge in [-0.2, -0.15) is 0 Å². The highest BCUT2D eigenvalue weighted by Crippen LogP contribution is 2.23. The van der Waals surface area contributed by atoms with Crippen molar-refractivity contribution in [2.45, 2.75) is 25.9 Å². The lowest BCUT2D eigenvalue weighted by atomic mass is 9.92. The Morgan fingerprint density at radius 1 is 1.33 bits per heavy atom. The largest absolute Gasteiger partial charge is 0.393 e. The molecule has 2 atom stereocenters. The molecule has 1 aromatic rings. The van der Waals surface area contributed by atoms with Crippen LogP contribution in [-0.2, 0) is 0 Å². The van der Waals surface area contributed by atoms with Crippen molar-refractivity contribution in [2.75, 3.05) is 7.05 Å². The second-order valence-electron chi connectivity index (χ2n) is 3.70. The summed E-state index contributed by atoms with van der Waals surface area (Å²) in [5, 5.41) is 12.6. The minimum Gasteiger partial charge on any atom is -0.393 e. The Labute approximate surface area is 96.3 Å². The normalized spacial score (nSPS) is 14.4. The molecule has 0 heterocycles. The quantitative estimate of drug-likeness (QED) is 0.769. The van der Waals surface area contributed by atoms with E-state index in [4.69, 9.17) is 12.2 Å². The maximum Gasteiger partial charge on any atom is 0.106 e. The number of nitrogens with one attached hydrogen (secondary N) is 1. The molecule has 1 rings (SSSR count). The van der Waals surface area contributed by atoms with Crippen molar-refractivity contribution in [3.63, 3.8) is 0 Å². The van der Waals surface area contributed by atoms with E-state index in [1.807, 2.05) is 38.2 Å². The highest BCUT2D eigenvalue weighted by atomic mass is 32.1. The van der Waals surface area contributed by atoms with Crippen LogP contribution in [0.1, 0.15) is 30.9 Å². The van der Waals surface area contributed by atoms with E-state index >= 15 is 0 Å². The van der Waals surface area contributed by atoms with Crippen molar-refractivity contribution in [3.05, 3.63) is 35.4 Å². The summed E-state index contributed by atoms with van der Waals surface area (Å²) in [6.45, 7) is 3.80. The molecule has 0 aromatic heterocycles.